The van der Waals surface area contributed by atoms with Gasteiger partial charge >= 0.3 is 0 Å². The predicted octanol–water partition coefficient (Wildman–Crippen LogP) is 3.65. The molecule has 0 radical (unpaired) electrons. The van der Waals surface area contributed by atoms with Gasteiger partial charge in [0.2, 0.25) is 0 Å². The monoisotopic (exact) mass is 438 g/mol. The van der Waals surface area contributed by atoms with Gasteiger partial charge in [-0.05, 0) is 56.4 Å². The number of hydrogen-bond donors (Lipinski definition) is 2. The molecule has 1 aliphatic rings. The highest BCUT2D eigenvalue weighted by Gasteiger charge is 2.23. The predicted molar refractivity (Wildman–Crippen MR) is 126 cm³/mol. The van der Waals surface area contributed by atoms with E-state index in [9.17, 15) is 9.59 Å². The number of aromatic nitrogens is 1. The third-order valence-corrected chi connectivity index (χ3v) is 5.76. The second-order valence-electron chi connectivity index (χ2n) is 8.35. The summed E-state index contributed by atoms with van der Waals surface area (Å²) in [5, 5.41) is 6.28. The van der Waals surface area contributed by atoms with Crippen LogP contribution in [0, 0.1) is 12.8 Å². The van der Waals surface area contributed by atoms with Crippen molar-refractivity contribution in [1.29, 1.82) is 0 Å². The number of anilines is 1. The minimum absolute atomic E-state index is 0.00736. The van der Waals surface area contributed by atoms with E-state index in [-0.39, 0.29) is 18.4 Å². The van der Waals surface area contributed by atoms with Crippen molar-refractivity contribution in [3.63, 3.8) is 0 Å². The number of likely N-dealkylation sites (tertiary alicyclic amines) is 1. The van der Waals surface area contributed by atoms with Crippen LogP contribution in [0.3, 0.4) is 0 Å². The Labute approximate surface area is 190 Å². The van der Waals surface area contributed by atoms with Gasteiger partial charge in [-0.25, -0.2) is 4.98 Å². The van der Waals surface area contributed by atoms with Crippen molar-refractivity contribution in [2.24, 2.45) is 5.92 Å². The van der Waals surface area contributed by atoms with Crippen molar-refractivity contribution in [1.82, 2.24) is 15.2 Å². The third kappa shape index (κ3) is 7.25. The highest BCUT2D eigenvalue weighted by molar-refractivity contribution is 5.94. The van der Waals surface area contributed by atoms with Crippen LogP contribution in [-0.2, 0) is 4.79 Å². The number of amides is 2. The van der Waals surface area contributed by atoms with Crippen LogP contribution in [-0.4, -0.2) is 54.5 Å². The largest absolute Gasteiger partial charge is 0.484 e. The van der Waals surface area contributed by atoms with Gasteiger partial charge in [0.05, 0.1) is 0 Å². The van der Waals surface area contributed by atoms with Gasteiger partial charge in [0, 0.05) is 37.9 Å². The third-order valence-electron chi connectivity index (χ3n) is 5.76. The van der Waals surface area contributed by atoms with Crippen molar-refractivity contribution in [2.45, 2.75) is 39.5 Å². The molecule has 7 heteroatoms. The van der Waals surface area contributed by atoms with Gasteiger partial charge in [-0.2, -0.15) is 0 Å². The smallest absolute Gasteiger partial charge is 0.260 e. The minimum atomic E-state index is -0.0871. The van der Waals surface area contributed by atoms with Crippen molar-refractivity contribution in [3.05, 3.63) is 53.7 Å². The summed E-state index contributed by atoms with van der Waals surface area (Å²) < 4.78 is 5.61. The molecule has 0 spiro atoms. The molecule has 32 heavy (non-hydrogen) atoms. The molecular formula is C25H34N4O3. The van der Waals surface area contributed by atoms with Gasteiger partial charge in [-0.15, -0.1) is 0 Å². The number of pyridine rings is 1. The first-order valence-corrected chi connectivity index (χ1v) is 11.5. The van der Waals surface area contributed by atoms with Crippen LogP contribution < -0.4 is 15.4 Å². The Hall–Kier alpha value is -3.09. The molecule has 1 aromatic heterocycles. The van der Waals surface area contributed by atoms with Crippen LogP contribution in [0.15, 0.2) is 42.6 Å². The fraction of sp³-hybridized carbons (Fsp3) is 0.480. The van der Waals surface area contributed by atoms with Gasteiger partial charge in [-0.1, -0.05) is 31.0 Å². The van der Waals surface area contributed by atoms with Crippen LogP contribution in [0.25, 0.3) is 0 Å². The lowest BCUT2D eigenvalue weighted by molar-refractivity contribution is -0.134. The molecule has 2 heterocycles. The Morgan fingerprint density at radius 1 is 1.16 bits per heavy atom. The lowest BCUT2D eigenvalue weighted by Gasteiger charge is -2.32. The number of hydrogen-bond acceptors (Lipinski definition) is 5. The van der Waals surface area contributed by atoms with E-state index < -0.39 is 0 Å². The summed E-state index contributed by atoms with van der Waals surface area (Å²) in [6.45, 7) is 7.06. The van der Waals surface area contributed by atoms with E-state index in [4.69, 9.17) is 4.74 Å². The average molecular weight is 439 g/mol. The summed E-state index contributed by atoms with van der Waals surface area (Å²) in [4.78, 5) is 31.1. The molecule has 1 aliphatic heterocycles. The summed E-state index contributed by atoms with van der Waals surface area (Å²) in [7, 11) is 0. The lowest BCUT2D eigenvalue weighted by Crippen LogP contribution is -2.43. The van der Waals surface area contributed by atoms with Crippen LogP contribution in [0.1, 0.15) is 48.5 Å². The summed E-state index contributed by atoms with van der Waals surface area (Å²) >= 11 is 0. The molecule has 1 saturated heterocycles. The van der Waals surface area contributed by atoms with Crippen LogP contribution >= 0.6 is 0 Å². The van der Waals surface area contributed by atoms with E-state index in [2.05, 4.69) is 22.5 Å². The first kappa shape index (κ1) is 23.6. The SMILES string of the molecule is CCCCNc1cc(C(=O)NCC2CCN(C(=O)COc3ccc(C)cc3)CC2)ccn1. The lowest BCUT2D eigenvalue weighted by atomic mass is 9.96. The second kappa shape index (κ2) is 12.1. The zero-order valence-corrected chi connectivity index (χ0v) is 19.1. The van der Waals surface area contributed by atoms with E-state index in [0.717, 1.165) is 43.6 Å². The number of carbonyl (C=O) groups is 2. The molecular weight excluding hydrogens is 404 g/mol. The zero-order chi connectivity index (χ0) is 22.8. The van der Waals surface area contributed by atoms with E-state index in [1.807, 2.05) is 36.1 Å². The Morgan fingerprint density at radius 3 is 2.62 bits per heavy atom. The molecule has 1 aromatic carbocycles. The van der Waals surface area contributed by atoms with Crippen molar-refractivity contribution >= 4 is 17.6 Å². The Morgan fingerprint density at radius 2 is 1.91 bits per heavy atom. The fourth-order valence-electron chi connectivity index (χ4n) is 3.66. The maximum absolute atomic E-state index is 12.5. The quantitative estimate of drug-likeness (QED) is 0.553. The van der Waals surface area contributed by atoms with Crippen molar-refractivity contribution < 1.29 is 14.3 Å². The molecule has 0 saturated carbocycles. The Balaban J connectivity index is 1.37. The molecule has 0 aliphatic carbocycles. The number of piperidine rings is 1. The zero-order valence-electron chi connectivity index (χ0n) is 19.1. The maximum atomic E-state index is 12.5. The summed E-state index contributed by atoms with van der Waals surface area (Å²) in [5.41, 5.74) is 1.77. The molecule has 172 valence electrons. The van der Waals surface area contributed by atoms with Crippen LogP contribution in [0.5, 0.6) is 5.75 Å². The molecule has 0 unspecified atom stereocenters. The number of nitrogens with one attached hydrogen (secondary N) is 2. The highest BCUT2D eigenvalue weighted by Crippen LogP contribution is 2.18. The first-order chi connectivity index (χ1) is 15.5. The molecule has 7 nitrogen and oxygen atoms in total. The minimum Gasteiger partial charge on any atom is -0.484 e. The summed E-state index contributed by atoms with van der Waals surface area (Å²) in [6.07, 6.45) is 5.58. The number of aryl methyl sites for hydroxylation is 1. The van der Waals surface area contributed by atoms with Crippen molar-refractivity contribution in [3.8, 4) is 5.75 Å². The van der Waals surface area contributed by atoms with Gasteiger partial charge in [0.25, 0.3) is 11.8 Å². The number of nitrogens with zero attached hydrogens (tertiary/aromatic N) is 2. The van der Waals surface area contributed by atoms with E-state index in [0.29, 0.717) is 36.9 Å². The van der Waals surface area contributed by atoms with Crippen LogP contribution in [0.4, 0.5) is 5.82 Å². The van der Waals surface area contributed by atoms with E-state index in [1.165, 1.54) is 0 Å². The number of unbranched alkanes of at least 4 members (excludes halogenated alkanes) is 1. The Bertz CT molecular complexity index is 877. The highest BCUT2D eigenvalue weighted by atomic mass is 16.5. The molecule has 2 aromatic rings. The van der Waals surface area contributed by atoms with Gasteiger partial charge in [-0.3, -0.25) is 9.59 Å². The molecule has 0 bridgehead atoms. The number of carbonyl (C=O) groups excluding carboxylic acids is 2. The Kier molecular flexibility index (Phi) is 8.90. The number of rotatable bonds is 10. The van der Waals surface area contributed by atoms with Gasteiger partial charge < -0.3 is 20.3 Å². The normalized spacial score (nSPS) is 14.1. The van der Waals surface area contributed by atoms with Crippen LogP contribution in [0.2, 0.25) is 0 Å². The van der Waals surface area contributed by atoms with Crippen molar-refractivity contribution in [2.75, 3.05) is 38.1 Å². The van der Waals surface area contributed by atoms with Gasteiger partial charge in [0.15, 0.2) is 6.61 Å². The first-order valence-electron chi connectivity index (χ1n) is 11.5. The standard InChI is InChI=1S/C25H34N4O3/c1-3-4-12-26-23-16-21(9-13-27-23)25(31)28-17-20-10-14-29(15-11-20)24(30)18-32-22-7-5-19(2)6-8-22/h5-9,13,16,20H,3-4,10-12,14-15,17-18H2,1-2H3,(H,26,27)(H,28,31). The fourth-order valence-corrected chi connectivity index (χ4v) is 3.66. The summed E-state index contributed by atoms with van der Waals surface area (Å²) in [5.74, 6) is 1.72. The van der Waals surface area contributed by atoms with Gasteiger partial charge in [0.1, 0.15) is 11.6 Å². The van der Waals surface area contributed by atoms with E-state index >= 15 is 0 Å². The second-order valence-corrected chi connectivity index (χ2v) is 8.35. The number of benzene rings is 1. The average Bonchev–Trinajstić information content (AvgIpc) is 2.82. The molecule has 3 rings (SSSR count). The number of ether oxygens (including phenoxy) is 1. The molecule has 1 fully saturated rings. The molecule has 2 N–H and O–H groups in total. The molecule has 0 atom stereocenters. The maximum Gasteiger partial charge on any atom is 0.260 e. The van der Waals surface area contributed by atoms with E-state index in [1.54, 1.807) is 18.3 Å². The topological polar surface area (TPSA) is 83.6 Å². The summed E-state index contributed by atoms with van der Waals surface area (Å²) in [6, 6.07) is 11.2. The molecule has 2 amide bonds.